The van der Waals surface area contributed by atoms with Crippen molar-refractivity contribution < 1.29 is 8.78 Å². The van der Waals surface area contributed by atoms with Crippen molar-refractivity contribution in [3.8, 4) is 0 Å². The summed E-state index contributed by atoms with van der Waals surface area (Å²) in [6, 6.07) is 6.96. The van der Waals surface area contributed by atoms with Crippen LogP contribution in [0, 0.1) is 0 Å². The van der Waals surface area contributed by atoms with Crippen LogP contribution in [-0.2, 0) is 6.54 Å². The predicted molar refractivity (Wildman–Crippen MR) is 72.1 cm³/mol. The summed E-state index contributed by atoms with van der Waals surface area (Å²) in [6.45, 7) is 4.14. The fourth-order valence-corrected chi connectivity index (χ4v) is 2.54. The molecule has 1 aliphatic heterocycles. The first-order valence-corrected chi connectivity index (χ1v) is 6.60. The summed E-state index contributed by atoms with van der Waals surface area (Å²) in [6.07, 6.45) is -2.40. The van der Waals surface area contributed by atoms with E-state index >= 15 is 0 Å². The molecule has 0 amide bonds. The van der Waals surface area contributed by atoms with Crippen molar-refractivity contribution in [3.05, 3.63) is 35.4 Å². The summed E-state index contributed by atoms with van der Waals surface area (Å²) in [5.41, 5.74) is 6.82. The zero-order chi connectivity index (χ0) is 13.8. The van der Waals surface area contributed by atoms with Crippen LogP contribution in [0.3, 0.4) is 0 Å². The molecular formula is C14H21F2N3. The summed E-state index contributed by atoms with van der Waals surface area (Å²) in [7, 11) is 2.08. The Bertz CT molecular complexity index is 411. The predicted octanol–water partition coefficient (Wildman–Crippen LogP) is 1.70. The van der Waals surface area contributed by atoms with E-state index < -0.39 is 6.43 Å². The Labute approximate surface area is 113 Å². The second-order valence-electron chi connectivity index (χ2n) is 5.17. The fourth-order valence-electron chi connectivity index (χ4n) is 2.54. The largest absolute Gasteiger partial charge is 0.329 e. The normalized spacial score (nSPS) is 22.1. The average Bonchev–Trinajstić information content (AvgIpc) is 2.41. The van der Waals surface area contributed by atoms with Crippen LogP contribution in [0.15, 0.2) is 24.3 Å². The zero-order valence-electron chi connectivity index (χ0n) is 11.2. The van der Waals surface area contributed by atoms with Gasteiger partial charge in [-0.05, 0) is 18.7 Å². The third-order valence-corrected chi connectivity index (χ3v) is 3.67. The number of hydrogen-bond donors (Lipinski definition) is 1. The standard InChI is InChI=1S/C14H21F2N3/c1-18-5-6-19(13(8-17)10-18)9-11-3-2-4-12(7-11)14(15)16/h2-4,7,13-14H,5-6,8-10,17H2,1H3. The van der Waals surface area contributed by atoms with Gasteiger partial charge >= 0.3 is 0 Å². The van der Waals surface area contributed by atoms with Crippen LogP contribution in [0.25, 0.3) is 0 Å². The average molecular weight is 269 g/mol. The summed E-state index contributed by atoms with van der Waals surface area (Å²) in [4.78, 5) is 4.54. The second-order valence-corrected chi connectivity index (χ2v) is 5.17. The van der Waals surface area contributed by atoms with Crippen molar-refractivity contribution in [1.29, 1.82) is 0 Å². The SMILES string of the molecule is CN1CCN(Cc2cccc(C(F)F)c2)C(CN)C1. The minimum atomic E-state index is -2.40. The number of nitrogens with zero attached hydrogens (tertiary/aromatic N) is 2. The van der Waals surface area contributed by atoms with Gasteiger partial charge in [0.15, 0.2) is 0 Å². The van der Waals surface area contributed by atoms with Gasteiger partial charge in [-0.1, -0.05) is 18.2 Å². The van der Waals surface area contributed by atoms with Crippen molar-refractivity contribution in [2.24, 2.45) is 5.73 Å². The molecule has 1 heterocycles. The minimum absolute atomic E-state index is 0.0934. The van der Waals surface area contributed by atoms with E-state index in [-0.39, 0.29) is 5.56 Å². The molecule has 5 heteroatoms. The highest BCUT2D eigenvalue weighted by atomic mass is 19.3. The van der Waals surface area contributed by atoms with Gasteiger partial charge in [-0.15, -0.1) is 0 Å². The molecule has 0 bridgehead atoms. The molecule has 106 valence electrons. The highest BCUT2D eigenvalue weighted by molar-refractivity contribution is 5.24. The Hall–Kier alpha value is -1.04. The highest BCUT2D eigenvalue weighted by Crippen LogP contribution is 2.21. The van der Waals surface area contributed by atoms with Crippen molar-refractivity contribution >= 4 is 0 Å². The summed E-state index contributed by atoms with van der Waals surface area (Å²) >= 11 is 0. The number of piperazine rings is 1. The zero-order valence-corrected chi connectivity index (χ0v) is 11.2. The Balaban J connectivity index is 2.05. The van der Waals surface area contributed by atoms with Crippen molar-refractivity contribution in [1.82, 2.24) is 9.80 Å². The molecule has 2 rings (SSSR count). The van der Waals surface area contributed by atoms with E-state index in [2.05, 4.69) is 16.8 Å². The monoisotopic (exact) mass is 269 g/mol. The molecule has 1 aromatic carbocycles. The summed E-state index contributed by atoms with van der Waals surface area (Å²) in [5, 5.41) is 0. The van der Waals surface area contributed by atoms with Crippen LogP contribution < -0.4 is 5.73 Å². The summed E-state index contributed by atoms with van der Waals surface area (Å²) < 4.78 is 25.4. The van der Waals surface area contributed by atoms with Crippen LogP contribution in [0.4, 0.5) is 8.78 Å². The lowest BCUT2D eigenvalue weighted by atomic mass is 10.1. The first-order valence-electron chi connectivity index (χ1n) is 6.60. The van der Waals surface area contributed by atoms with E-state index in [4.69, 9.17) is 5.73 Å². The van der Waals surface area contributed by atoms with Gasteiger partial charge in [-0.2, -0.15) is 0 Å². The fraction of sp³-hybridized carbons (Fsp3) is 0.571. The molecule has 19 heavy (non-hydrogen) atoms. The van der Waals surface area contributed by atoms with Gasteiger partial charge in [0.1, 0.15) is 0 Å². The second kappa shape index (κ2) is 6.41. The van der Waals surface area contributed by atoms with E-state index in [0.717, 1.165) is 25.2 Å². The Morgan fingerprint density at radius 2 is 2.16 bits per heavy atom. The highest BCUT2D eigenvalue weighted by Gasteiger charge is 2.24. The van der Waals surface area contributed by atoms with Gasteiger partial charge in [0.25, 0.3) is 6.43 Å². The molecule has 1 fully saturated rings. The van der Waals surface area contributed by atoms with Gasteiger partial charge < -0.3 is 10.6 Å². The molecule has 1 atom stereocenters. The van der Waals surface area contributed by atoms with E-state index in [1.54, 1.807) is 12.1 Å². The molecule has 3 nitrogen and oxygen atoms in total. The lowest BCUT2D eigenvalue weighted by molar-refractivity contribution is 0.0879. The molecule has 1 aliphatic rings. The molecule has 1 aromatic rings. The number of alkyl halides is 2. The van der Waals surface area contributed by atoms with Crippen molar-refractivity contribution in [2.75, 3.05) is 33.2 Å². The molecule has 0 aromatic heterocycles. The topological polar surface area (TPSA) is 32.5 Å². The molecule has 2 N–H and O–H groups in total. The van der Waals surface area contributed by atoms with E-state index in [9.17, 15) is 8.78 Å². The number of benzene rings is 1. The lowest BCUT2D eigenvalue weighted by Crippen LogP contribution is -2.54. The number of rotatable bonds is 4. The van der Waals surface area contributed by atoms with Crippen LogP contribution in [0.5, 0.6) is 0 Å². The minimum Gasteiger partial charge on any atom is -0.329 e. The molecule has 0 spiro atoms. The third kappa shape index (κ3) is 3.72. The van der Waals surface area contributed by atoms with Crippen LogP contribution in [-0.4, -0.2) is 49.1 Å². The van der Waals surface area contributed by atoms with E-state index in [1.807, 2.05) is 6.07 Å². The molecule has 0 radical (unpaired) electrons. The van der Waals surface area contributed by atoms with Gasteiger partial charge in [0, 0.05) is 44.3 Å². The number of hydrogen-bond acceptors (Lipinski definition) is 3. The molecule has 0 aliphatic carbocycles. The quantitative estimate of drug-likeness (QED) is 0.903. The first kappa shape index (κ1) is 14.4. The smallest absolute Gasteiger partial charge is 0.263 e. The van der Waals surface area contributed by atoms with Crippen molar-refractivity contribution in [2.45, 2.75) is 19.0 Å². The van der Waals surface area contributed by atoms with E-state index in [0.29, 0.717) is 19.1 Å². The maximum Gasteiger partial charge on any atom is 0.263 e. The molecule has 1 unspecified atom stereocenters. The molecule has 0 saturated carbocycles. The first-order chi connectivity index (χ1) is 9.10. The van der Waals surface area contributed by atoms with Gasteiger partial charge in [-0.25, -0.2) is 8.78 Å². The third-order valence-electron chi connectivity index (χ3n) is 3.67. The number of likely N-dealkylation sites (N-methyl/N-ethyl adjacent to an activating group) is 1. The lowest BCUT2D eigenvalue weighted by Gasteiger charge is -2.39. The number of nitrogens with two attached hydrogens (primary N) is 1. The van der Waals surface area contributed by atoms with Crippen LogP contribution >= 0.6 is 0 Å². The maximum atomic E-state index is 12.7. The van der Waals surface area contributed by atoms with Crippen LogP contribution in [0.1, 0.15) is 17.6 Å². The maximum absolute atomic E-state index is 12.7. The van der Waals surface area contributed by atoms with Crippen molar-refractivity contribution in [3.63, 3.8) is 0 Å². The Morgan fingerprint density at radius 1 is 1.37 bits per heavy atom. The van der Waals surface area contributed by atoms with Gasteiger partial charge in [0.05, 0.1) is 0 Å². The summed E-state index contributed by atoms with van der Waals surface area (Å²) in [5.74, 6) is 0. The van der Waals surface area contributed by atoms with E-state index in [1.165, 1.54) is 6.07 Å². The van der Waals surface area contributed by atoms with Gasteiger partial charge in [-0.3, -0.25) is 4.90 Å². The Morgan fingerprint density at radius 3 is 2.84 bits per heavy atom. The van der Waals surface area contributed by atoms with Crippen LogP contribution in [0.2, 0.25) is 0 Å². The Kier molecular flexibility index (Phi) is 4.85. The number of halogens is 2. The molecule has 1 saturated heterocycles. The van der Waals surface area contributed by atoms with Gasteiger partial charge in [0.2, 0.25) is 0 Å². The molecular weight excluding hydrogens is 248 g/mol.